The first-order chi connectivity index (χ1) is 10.6. The Morgan fingerprint density at radius 1 is 1.23 bits per heavy atom. The number of hydrogen-bond donors (Lipinski definition) is 2. The molecule has 114 valence electrons. The van der Waals surface area contributed by atoms with Gasteiger partial charge >= 0.3 is 0 Å². The quantitative estimate of drug-likeness (QED) is 0.607. The molecule has 2 aromatic carbocycles. The van der Waals surface area contributed by atoms with Crippen molar-refractivity contribution < 1.29 is 4.79 Å². The molecule has 1 amide bonds. The average molecular weight is 381 g/mol. The molecular formula is C16H15BrClN3O. The fourth-order valence-electron chi connectivity index (χ4n) is 1.74. The summed E-state index contributed by atoms with van der Waals surface area (Å²) in [4.78, 5) is 11.8. The molecule has 0 saturated heterocycles. The number of halogens is 2. The summed E-state index contributed by atoms with van der Waals surface area (Å²) in [6.45, 7) is 1.96. The zero-order valence-electron chi connectivity index (χ0n) is 11.9. The molecule has 22 heavy (non-hydrogen) atoms. The lowest BCUT2D eigenvalue weighted by molar-refractivity contribution is -0.119. The van der Waals surface area contributed by atoms with Crippen molar-refractivity contribution in [3.63, 3.8) is 0 Å². The molecule has 0 spiro atoms. The highest BCUT2D eigenvalue weighted by Gasteiger charge is 2.04. The van der Waals surface area contributed by atoms with Crippen LogP contribution in [0.1, 0.15) is 12.5 Å². The standard InChI is InChI=1S/C16H15BrClN3O/c1-11(12-5-3-2-4-6-12)20-21-16(22)10-19-15-8-7-13(18)9-14(15)17/h2-9,19H,10H2,1H3,(H,21,22)/b20-11+. The average Bonchev–Trinajstić information content (AvgIpc) is 2.52. The molecule has 0 aromatic heterocycles. The van der Waals surface area contributed by atoms with Gasteiger partial charge in [0.25, 0.3) is 5.91 Å². The maximum absolute atomic E-state index is 11.8. The predicted molar refractivity (Wildman–Crippen MR) is 94.4 cm³/mol. The molecule has 0 unspecified atom stereocenters. The molecule has 0 atom stereocenters. The predicted octanol–water partition coefficient (Wildman–Crippen LogP) is 4.05. The summed E-state index contributed by atoms with van der Waals surface area (Å²) in [5.41, 5.74) is 5.04. The summed E-state index contributed by atoms with van der Waals surface area (Å²) in [7, 11) is 0. The van der Waals surface area contributed by atoms with Crippen LogP contribution in [0.4, 0.5) is 5.69 Å². The highest BCUT2D eigenvalue weighted by molar-refractivity contribution is 9.10. The zero-order chi connectivity index (χ0) is 15.9. The van der Waals surface area contributed by atoms with Crippen molar-refractivity contribution in [1.29, 1.82) is 0 Å². The van der Waals surface area contributed by atoms with Gasteiger partial charge in [0.05, 0.1) is 12.3 Å². The van der Waals surface area contributed by atoms with Crippen LogP contribution in [-0.4, -0.2) is 18.2 Å². The van der Waals surface area contributed by atoms with Crippen molar-refractivity contribution in [1.82, 2.24) is 5.43 Å². The smallest absolute Gasteiger partial charge is 0.259 e. The highest BCUT2D eigenvalue weighted by atomic mass is 79.9. The maximum Gasteiger partial charge on any atom is 0.259 e. The number of hydrazone groups is 1. The van der Waals surface area contributed by atoms with Gasteiger partial charge in [-0.3, -0.25) is 4.79 Å². The summed E-state index contributed by atoms with van der Waals surface area (Å²) >= 11 is 9.25. The van der Waals surface area contributed by atoms with Crippen molar-refractivity contribution in [2.24, 2.45) is 5.10 Å². The number of benzene rings is 2. The van der Waals surface area contributed by atoms with E-state index in [9.17, 15) is 4.79 Å². The Hall–Kier alpha value is -1.85. The molecule has 2 N–H and O–H groups in total. The Bertz CT molecular complexity index is 689. The van der Waals surface area contributed by atoms with E-state index in [2.05, 4.69) is 31.8 Å². The zero-order valence-corrected chi connectivity index (χ0v) is 14.3. The van der Waals surface area contributed by atoms with E-state index in [1.807, 2.05) is 37.3 Å². The van der Waals surface area contributed by atoms with Crippen LogP contribution < -0.4 is 10.7 Å². The summed E-state index contributed by atoms with van der Waals surface area (Å²) in [6.07, 6.45) is 0. The van der Waals surface area contributed by atoms with Gasteiger partial charge in [-0.25, -0.2) is 5.43 Å². The first-order valence-corrected chi connectivity index (χ1v) is 7.81. The van der Waals surface area contributed by atoms with E-state index in [0.29, 0.717) is 5.02 Å². The Kier molecular flexibility index (Phi) is 5.98. The summed E-state index contributed by atoms with van der Waals surface area (Å²) in [5, 5.41) is 7.73. The Balaban J connectivity index is 1.88. The van der Waals surface area contributed by atoms with E-state index in [-0.39, 0.29) is 12.5 Å². The van der Waals surface area contributed by atoms with Gasteiger partial charge in [-0.2, -0.15) is 5.10 Å². The van der Waals surface area contributed by atoms with E-state index >= 15 is 0 Å². The normalized spacial score (nSPS) is 11.1. The first kappa shape index (κ1) is 16.5. The second-order valence-corrected chi connectivity index (χ2v) is 5.87. The second-order valence-electron chi connectivity index (χ2n) is 4.58. The van der Waals surface area contributed by atoms with Crippen molar-refractivity contribution >= 4 is 44.8 Å². The molecule has 0 heterocycles. The molecule has 6 heteroatoms. The van der Waals surface area contributed by atoms with E-state index in [4.69, 9.17) is 11.6 Å². The number of carbonyl (C=O) groups is 1. The van der Waals surface area contributed by atoms with Crippen LogP contribution in [0.25, 0.3) is 0 Å². The maximum atomic E-state index is 11.8. The van der Waals surface area contributed by atoms with Crippen molar-refractivity contribution in [3.8, 4) is 0 Å². The van der Waals surface area contributed by atoms with E-state index in [1.165, 1.54) is 0 Å². The molecule has 2 rings (SSSR count). The molecule has 4 nitrogen and oxygen atoms in total. The van der Waals surface area contributed by atoms with E-state index in [0.717, 1.165) is 21.4 Å². The number of hydrogen-bond acceptors (Lipinski definition) is 3. The highest BCUT2D eigenvalue weighted by Crippen LogP contribution is 2.25. The molecule has 0 fully saturated rings. The van der Waals surface area contributed by atoms with Crippen LogP contribution in [0.15, 0.2) is 58.1 Å². The molecule has 0 saturated carbocycles. The minimum absolute atomic E-state index is 0.117. The fraction of sp³-hybridized carbons (Fsp3) is 0.125. The SMILES string of the molecule is C/C(=N\NC(=O)CNc1ccc(Cl)cc1Br)c1ccccc1. The van der Waals surface area contributed by atoms with Crippen LogP contribution in [0.5, 0.6) is 0 Å². The van der Waals surface area contributed by atoms with Gasteiger partial charge in [-0.05, 0) is 46.6 Å². The van der Waals surface area contributed by atoms with Crippen molar-refractivity contribution in [2.45, 2.75) is 6.92 Å². The van der Waals surface area contributed by atoms with Gasteiger partial charge < -0.3 is 5.32 Å². The lowest BCUT2D eigenvalue weighted by atomic mass is 10.1. The number of nitrogens with zero attached hydrogens (tertiary/aromatic N) is 1. The van der Waals surface area contributed by atoms with Crippen molar-refractivity contribution in [2.75, 3.05) is 11.9 Å². The largest absolute Gasteiger partial charge is 0.375 e. The molecule has 0 radical (unpaired) electrons. The third-order valence-electron chi connectivity index (χ3n) is 2.91. The van der Waals surface area contributed by atoms with Crippen LogP contribution >= 0.6 is 27.5 Å². The minimum atomic E-state index is -0.225. The molecular weight excluding hydrogens is 366 g/mol. The van der Waals surface area contributed by atoms with E-state index in [1.54, 1.807) is 18.2 Å². The lowest BCUT2D eigenvalue weighted by Gasteiger charge is -2.08. The molecule has 0 aliphatic heterocycles. The number of carbonyl (C=O) groups excluding carboxylic acids is 1. The number of rotatable bonds is 5. The first-order valence-electron chi connectivity index (χ1n) is 6.64. The minimum Gasteiger partial charge on any atom is -0.375 e. The molecule has 0 aliphatic carbocycles. The number of nitrogens with one attached hydrogen (secondary N) is 2. The van der Waals surface area contributed by atoms with Gasteiger partial charge in [0, 0.05) is 15.2 Å². The molecule has 0 bridgehead atoms. The lowest BCUT2D eigenvalue weighted by Crippen LogP contribution is -2.26. The molecule has 2 aromatic rings. The van der Waals surface area contributed by atoms with Crippen LogP contribution in [-0.2, 0) is 4.79 Å². The third-order valence-corrected chi connectivity index (χ3v) is 3.80. The Labute approximate surface area is 142 Å². The van der Waals surface area contributed by atoms with Gasteiger partial charge in [-0.15, -0.1) is 0 Å². The monoisotopic (exact) mass is 379 g/mol. The van der Waals surface area contributed by atoms with Gasteiger partial charge in [-0.1, -0.05) is 41.9 Å². The van der Waals surface area contributed by atoms with Crippen LogP contribution in [0, 0.1) is 0 Å². The number of amides is 1. The topological polar surface area (TPSA) is 53.5 Å². The van der Waals surface area contributed by atoms with E-state index < -0.39 is 0 Å². The number of anilines is 1. The third kappa shape index (κ3) is 4.86. The van der Waals surface area contributed by atoms with Gasteiger partial charge in [0.1, 0.15) is 0 Å². The Morgan fingerprint density at radius 2 is 1.95 bits per heavy atom. The summed E-state index contributed by atoms with van der Waals surface area (Å²) < 4.78 is 0.803. The second kappa shape index (κ2) is 7.96. The summed E-state index contributed by atoms with van der Waals surface area (Å²) in [5.74, 6) is -0.225. The summed E-state index contributed by atoms with van der Waals surface area (Å²) in [6, 6.07) is 15.0. The van der Waals surface area contributed by atoms with Crippen LogP contribution in [0.3, 0.4) is 0 Å². The Morgan fingerprint density at radius 3 is 2.64 bits per heavy atom. The molecule has 0 aliphatic rings. The van der Waals surface area contributed by atoms with Gasteiger partial charge in [0.15, 0.2) is 0 Å². The van der Waals surface area contributed by atoms with Crippen molar-refractivity contribution in [3.05, 3.63) is 63.6 Å². The van der Waals surface area contributed by atoms with Crippen LogP contribution in [0.2, 0.25) is 5.02 Å². The van der Waals surface area contributed by atoms with Gasteiger partial charge in [0.2, 0.25) is 0 Å². The fourth-order valence-corrected chi connectivity index (χ4v) is 2.56.